The van der Waals surface area contributed by atoms with E-state index in [2.05, 4.69) is 232 Å². The fourth-order valence-corrected chi connectivity index (χ4v) is 18.1. The molecule has 12 aromatic carbocycles. The Bertz CT molecular complexity index is 6060. The third-order valence-corrected chi connectivity index (χ3v) is 21.7. The van der Waals surface area contributed by atoms with Crippen LogP contribution >= 0.6 is 56.9 Å². The Labute approximate surface area is 517 Å². The average molecular weight is 1200 g/mol. The Morgan fingerprint density at radius 1 is 0.310 bits per heavy atom. The highest BCUT2D eigenvalue weighted by Crippen LogP contribution is 2.50. The van der Waals surface area contributed by atoms with Crippen LogP contribution in [0.15, 0.2) is 255 Å². The molecule has 0 aliphatic carbocycles. The van der Waals surface area contributed by atoms with Crippen molar-refractivity contribution < 1.29 is 0 Å². The molecular weight excluding hydrogens is 1160 g/mol. The number of H-pyrrole nitrogens is 1. The summed E-state index contributed by atoms with van der Waals surface area (Å²) >= 11 is 13.4. The molecule has 0 aliphatic heterocycles. The minimum atomic E-state index is 0.292. The largest absolute Gasteiger partial charge is 0.354 e. The van der Waals surface area contributed by atoms with Crippen molar-refractivity contribution in [3.63, 3.8) is 0 Å². The van der Waals surface area contributed by atoms with Crippen molar-refractivity contribution in [2.24, 2.45) is 0 Å². The Balaban J connectivity index is 0.000000109. The molecule has 0 saturated heterocycles. The zero-order chi connectivity index (χ0) is 57.3. The zero-order valence-electron chi connectivity index (χ0n) is 46.0. The lowest BCUT2D eigenvalue weighted by Crippen LogP contribution is -2.03. The molecule has 0 fully saturated rings. The lowest BCUT2D eigenvalue weighted by molar-refractivity contribution is 1.02. The molecule has 0 radical (unpaired) electrons. The molecule has 8 aromatic heterocycles. The van der Waals surface area contributed by atoms with Crippen LogP contribution in [-0.4, -0.2) is 29.5 Å². The van der Waals surface area contributed by atoms with Crippen LogP contribution < -0.4 is 0 Å². The number of hydrogen-bond donors (Lipinski definition) is 1. The smallest absolute Gasteiger partial charge is 0.235 e. The van der Waals surface area contributed by atoms with E-state index < -0.39 is 0 Å². The molecule has 408 valence electrons. The number of fused-ring (bicyclic) bond motifs is 26. The van der Waals surface area contributed by atoms with Crippen LogP contribution in [0.1, 0.15) is 0 Å². The molecule has 11 heteroatoms. The van der Waals surface area contributed by atoms with E-state index in [-0.39, 0.29) is 0 Å². The monoisotopic (exact) mass is 1200 g/mol. The molecule has 0 saturated carbocycles. The minimum absolute atomic E-state index is 0.292. The van der Waals surface area contributed by atoms with E-state index in [1.54, 1.807) is 22.7 Å². The highest BCUT2D eigenvalue weighted by atomic mass is 35.5. The average Bonchev–Trinajstić information content (AvgIpc) is 3.72. The lowest BCUT2D eigenvalue weighted by Gasteiger charge is -2.12. The predicted molar refractivity (Wildman–Crippen MR) is 377 cm³/mol. The van der Waals surface area contributed by atoms with Crippen molar-refractivity contribution >= 4 is 203 Å². The summed E-state index contributed by atoms with van der Waals surface area (Å²) in [5.41, 5.74) is 10.7. The standard InChI is InChI=1S/C38H21N3S2.C22H13NS.C16H9ClN2S/c1-2-12-22(13-3-1)33-37-34(27-18-8-11-21-30(27)43-37)40-38(39-33)41-28-19-9-6-16-25(28)31-32-26-17-7-10-20-29(26)42-36(32)24-15-5-4-14-23(24)35(31)41;1-2-8-14-13(7-1)21-19(15-9-3-5-11-17(15)23-21)20-16-10-4-6-12-18(16)24-22(14)20;17-16-18-13(10-6-2-1-3-7-10)15-14(19-16)11-8-4-5-9-12(11)20-15/h1-21H;1-12,23H;1-9H. The summed E-state index contributed by atoms with van der Waals surface area (Å²) < 4.78 is 12.3. The van der Waals surface area contributed by atoms with Gasteiger partial charge in [-0.15, -0.1) is 45.3 Å². The van der Waals surface area contributed by atoms with Gasteiger partial charge in [-0.3, -0.25) is 4.57 Å². The normalized spacial score (nSPS) is 12.0. The highest BCUT2D eigenvalue weighted by Gasteiger charge is 2.25. The molecule has 87 heavy (non-hydrogen) atoms. The number of nitrogens with one attached hydrogen (secondary N) is 1. The molecule has 6 nitrogen and oxygen atoms in total. The Morgan fingerprint density at radius 2 is 0.724 bits per heavy atom. The Hall–Kier alpha value is -9.91. The van der Waals surface area contributed by atoms with Gasteiger partial charge in [-0.05, 0) is 48.0 Å². The van der Waals surface area contributed by atoms with E-state index in [1.807, 2.05) is 65.1 Å². The molecule has 0 spiro atoms. The molecule has 0 bridgehead atoms. The van der Waals surface area contributed by atoms with Crippen LogP contribution in [0.25, 0.3) is 175 Å². The van der Waals surface area contributed by atoms with Gasteiger partial charge in [-0.25, -0.2) is 19.9 Å². The van der Waals surface area contributed by atoms with Crippen LogP contribution in [0.2, 0.25) is 5.28 Å². The second-order valence-corrected chi connectivity index (χ2v) is 26.2. The quantitative estimate of drug-likeness (QED) is 0.179. The zero-order valence-corrected chi connectivity index (χ0v) is 50.0. The van der Waals surface area contributed by atoms with Gasteiger partial charge in [-0.1, -0.05) is 218 Å². The van der Waals surface area contributed by atoms with Gasteiger partial charge in [0.25, 0.3) is 0 Å². The number of benzene rings is 12. The molecule has 0 aliphatic rings. The van der Waals surface area contributed by atoms with Crippen LogP contribution in [-0.2, 0) is 0 Å². The van der Waals surface area contributed by atoms with E-state index in [9.17, 15) is 0 Å². The van der Waals surface area contributed by atoms with Crippen molar-refractivity contribution in [1.29, 1.82) is 0 Å². The van der Waals surface area contributed by atoms with Gasteiger partial charge in [0.15, 0.2) is 0 Å². The number of aromatic amines is 1. The maximum absolute atomic E-state index is 6.11. The number of rotatable bonds is 3. The minimum Gasteiger partial charge on any atom is -0.354 e. The number of halogens is 1. The highest BCUT2D eigenvalue weighted by molar-refractivity contribution is 7.28. The molecular formula is C76H43ClN6S4. The number of para-hydroxylation sites is 2. The topological polar surface area (TPSA) is 72.3 Å². The summed E-state index contributed by atoms with van der Waals surface area (Å²) in [6.07, 6.45) is 0. The fourth-order valence-electron chi connectivity index (χ4n) is 13.1. The molecule has 20 aromatic rings. The summed E-state index contributed by atoms with van der Waals surface area (Å²) in [5, 5.41) is 18.2. The van der Waals surface area contributed by atoms with Gasteiger partial charge in [0.1, 0.15) is 0 Å². The maximum atomic E-state index is 6.11. The first-order valence-electron chi connectivity index (χ1n) is 28.7. The van der Waals surface area contributed by atoms with Crippen LogP contribution in [0.4, 0.5) is 0 Å². The summed E-state index contributed by atoms with van der Waals surface area (Å²) in [6, 6.07) is 89.9. The van der Waals surface area contributed by atoms with Gasteiger partial charge in [0, 0.05) is 120 Å². The molecule has 8 heterocycles. The fraction of sp³-hybridized carbons (Fsp3) is 0. The predicted octanol–water partition coefficient (Wildman–Crippen LogP) is 23.1. The summed E-state index contributed by atoms with van der Waals surface area (Å²) in [7, 11) is 0. The molecule has 0 unspecified atom stereocenters. The van der Waals surface area contributed by atoms with Crippen molar-refractivity contribution in [2.75, 3.05) is 0 Å². The summed E-state index contributed by atoms with van der Waals surface area (Å²) in [5.74, 6) is 0.699. The maximum Gasteiger partial charge on any atom is 0.235 e. The van der Waals surface area contributed by atoms with Crippen LogP contribution in [0, 0.1) is 0 Å². The van der Waals surface area contributed by atoms with Crippen molar-refractivity contribution in [2.45, 2.75) is 0 Å². The lowest BCUT2D eigenvalue weighted by atomic mass is 10.00. The van der Waals surface area contributed by atoms with E-state index in [0.29, 0.717) is 11.2 Å². The van der Waals surface area contributed by atoms with Crippen LogP contribution in [0.3, 0.4) is 0 Å². The van der Waals surface area contributed by atoms with E-state index in [1.165, 1.54) is 109 Å². The molecule has 20 rings (SSSR count). The number of aromatic nitrogens is 6. The Morgan fingerprint density at radius 3 is 1.32 bits per heavy atom. The number of thiophene rings is 4. The summed E-state index contributed by atoms with van der Waals surface area (Å²) in [6.45, 7) is 0. The van der Waals surface area contributed by atoms with E-state index >= 15 is 0 Å². The first-order valence-corrected chi connectivity index (χ1v) is 32.4. The van der Waals surface area contributed by atoms with Crippen molar-refractivity contribution in [3.05, 3.63) is 260 Å². The van der Waals surface area contributed by atoms with Gasteiger partial charge in [0.2, 0.25) is 11.2 Å². The van der Waals surface area contributed by atoms with E-state index in [4.69, 9.17) is 21.6 Å². The molecule has 0 atom stereocenters. The number of nitrogens with zero attached hydrogens (tertiary/aromatic N) is 5. The third-order valence-electron chi connectivity index (χ3n) is 16.8. The first-order chi connectivity index (χ1) is 43.1. The molecule has 1 N–H and O–H groups in total. The summed E-state index contributed by atoms with van der Waals surface area (Å²) in [4.78, 5) is 23.3. The van der Waals surface area contributed by atoms with Gasteiger partial charge >= 0.3 is 0 Å². The van der Waals surface area contributed by atoms with Gasteiger partial charge in [-0.2, -0.15) is 0 Å². The van der Waals surface area contributed by atoms with Gasteiger partial charge in [0.05, 0.1) is 48.4 Å². The number of hydrogen-bond acceptors (Lipinski definition) is 8. The SMILES string of the molecule is Clc1nc(-c2ccccc2)c2sc3ccccc3c2n1.c1ccc(-c2nc(-n3c4ccccc4c4c5c6ccccc6sc5c5ccccc5c43)nc3c2sc2ccccc23)cc1.c1ccc2c(c1)[nH]c1c3ccccc3c3sc4ccccc4c3c21. The van der Waals surface area contributed by atoms with E-state index in [0.717, 1.165) is 59.4 Å². The Kier molecular flexibility index (Phi) is 11.6. The van der Waals surface area contributed by atoms with Crippen molar-refractivity contribution in [1.82, 2.24) is 29.5 Å². The van der Waals surface area contributed by atoms with Crippen LogP contribution in [0.5, 0.6) is 0 Å². The molecule has 0 amide bonds. The van der Waals surface area contributed by atoms with Crippen molar-refractivity contribution in [3.8, 4) is 28.5 Å². The van der Waals surface area contributed by atoms with Gasteiger partial charge < -0.3 is 4.98 Å². The second-order valence-electron chi connectivity index (χ2n) is 21.7. The second kappa shape index (κ2) is 20.1. The third kappa shape index (κ3) is 7.89. The first kappa shape index (κ1) is 50.4.